The van der Waals surface area contributed by atoms with Gasteiger partial charge in [0.05, 0.1) is 11.2 Å². The summed E-state index contributed by atoms with van der Waals surface area (Å²) in [5, 5.41) is 7.01. The van der Waals surface area contributed by atoms with Crippen molar-refractivity contribution in [3.05, 3.63) is 64.4 Å². The number of hydrogen-bond acceptors (Lipinski definition) is 4. The molecule has 2 aliphatic rings. The van der Waals surface area contributed by atoms with Crippen molar-refractivity contribution in [2.45, 2.75) is 83.8 Å². The number of anilines is 1. The van der Waals surface area contributed by atoms with Gasteiger partial charge < -0.3 is 15.1 Å². The average molecular weight is 557 g/mol. The first-order valence-electron chi connectivity index (χ1n) is 14.2. The molecule has 2 fully saturated rings. The molecule has 212 valence electrons. The number of oxime groups is 1. The van der Waals surface area contributed by atoms with Gasteiger partial charge in [-0.05, 0) is 107 Å². The van der Waals surface area contributed by atoms with E-state index in [-0.39, 0.29) is 22.5 Å². The molecule has 2 saturated carbocycles. The molecular formula is C31H42ClFN4O2. The predicted molar refractivity (Wildman–Crippen MR) is 157 cm³/mol. The highest BCUT2D eigenvalue weighted by Gasteiger charge is 2.58. The van der Waals surface area contributed by atoms with Crippen LogP contribution in [0.25, 0.3) is 0 Å². The molecule has 0 saturated heterocycles. The summed E-state index contributed by atoms with van der Waals surface area (Å²) in [6.45, 7) is 12.7. The van der Waals surface area contributed by atoms with Crippen molar-refractivity contribution in [1.82, 2.24) is 9.80 Å². The second-order valence-electron chi connectivity index (χ2n) is 11.4. The number of rotatable bonds is 11. The Hall–Kier alpha value is -2.64. The van der Waals surface area contributed by atoms with Crippen molar-refractivity contribution in [2.75, 3.05) is 25.0 Å². The zero-order chi connectivity index (χ0) is 28.2. The Morgan fingerprint density at radius 3 is 2.64 bits per heavy atom. The lowest BCUT2D eigenvalue weighted by Gasteiger charge is -2.39. The molecule has 0 aliphatic heterocycles. The van der Waals surface area contributed by atoms with Gasteiger partial charge in [-0.1, -0.05) is 35.0 Å². The van der Waals surface area contributed by atoms with Gasteiger partial charge in [0, 0.05) is 36.9 Å². The van der Waals surface area contributed by atoms with Gasteiger partial charge >= 0.3 is 6.03 Å². The Labute approximate surface area is 237 Å². The largest absolute Gasteiger partial charge is 0.396 e. The van der Waals surface area contributed by atoms with E-state index in [1.54, 1.807) is 12.3 Å². The average Bonchev–Trinajstić information content (AvgIpc) is 3.64. The van der Waals surface area contributed by atoms with E-state index in [2.05, 4.69) is 67.3 Å². The van der Waals surface area contributed by atoms with Crippen molar-refractivity contribution in [1.29, 1.82) is 0 Å². The zero-order valence-electron chi connectivity index (χ0n) is 23.8. The monoisotopic (exact) mass is 556 g/mol. The SMILES string of the molecule is CCO/N=C/c1cccc([C@]23CC[C@@H](N(CCN(C(C)C)C(C)C)C(=O)Nc4ccc(F)c(Cl)c4)CC2C3)c1. The summed E-state index contributed by atoms with van der Waals surface area (Å²) in [5.74, 6) is 0.0406. The number of benzene rings is 2. The Balaban J connectivity index is 1.49. The molecular weight excluding hydrogens is 515 g/mol. The molecule has 4 rings (SSSR count). The molecule has 0 heterocycles. The summed E-state index contributed by atoms with van der Waals surface area (Å²) in [4.78, 5) is 23.2. The van der Waals surface area contributed by atoms with Gasteiger partial charge in [-0.3, -0.25) is 4.90 Å². The van der Waals surface area contributed by atoms with Crippen LogP contribution in [-0.2, 0) is 10.3 Å². The second-order valence-corrected chi connectivity index (χ2v) is 11.8. The lowest BCUT2D eigenvalue weighted by molar-refractivity contribution is 0.120. The summed E-state index contributed by atoms with van der Waals surface area (Å²) in [7, 11) is 0. The molecule has 3 atom stereocenters. The molecule has 1 unspecified atom stereocenters. The number of hydrogen-bond donors (Lipinski definition) is 1. The number of fused-ring (bicyclic) bond motifs is 1. The van der Waals surface area contributed by atoms with Crippen LogP contribution in [0.2, 0.25) is 5.02 Å². The lowest BCUT2D eigenvalue weighted by atomic mass is 9.80. The molecule has 1 N–H and O–H groups in total. The lowest BCUT2D eigenvalue weighted by Crippen LogP contribution is -2.50. The molecule has 0 radical (unpaired) electrons. The van der Waals surface area contributed by atoms with E-state index in [0.717, 1.165) is 37.8 Å². The van der Waals surface area contributed by atoms with Gasteiger partial charge in [-0.25, -0.2) is 9.18 Å². The maximum absolute atomic E-state index is 13.7. The number of urea groups is 1. The standard InChI is InChI=1S/C31H42ClFN4O2/c1-6-39-34-20-23-8-7-9-24(16-23)31-13-12-27(17-25(31)19-31)37(15-14-36(21(2)3)22(4)5)30(38)35-26-10-11-29(33)28(32)18-26/h7-11,16,18,20-22,25,27H,6,12-15,17,19H2,1-5H3,(H,35,38)/b34-20+/t25?,27-,31-/m1/s1. The number of nitrogens with zero attached hydrogens (tertiary/aromatic N) is 3. The molecule has 39 heavy (non-hydrogen) atoms. The summed E-state index contributed by atoms with van der Waals surface area (Å²) in [6.07, 6.45) is 5.86. The third kappa shape index (κ3) is 6.93. The molecule has 0 spiro atoms. The third-order valence-electron chi connectivity index (χ3n) is 8.38. The number of nitrogens with one attached hydrogen (secondary N) is 1. The Bertz CT molecular complexity index is 1170. The Kier molecular flexibility index (Phi) is 9.55. The predicted octanol–water partition coefficient (Wildman–Crippen LogP) is 7.31. The highest BCUT2D eigenvalue weighted by molar-refractivity contribution is 6.31. The first-order valence-corrected chi connectivity index (χ1v) is 14.6. The number of amides is 2. The molecule has 8 heteroatoms. The molecule has 2 aliphatic carbocycles. The van der Waals surface area contributed by atoms with E-state index < -0.39 is 5.82 Å². The normalized spacial score (nSPS) is 22.4. The second kappa shape index (κ2) is 12.7. The van der Waals surface area contributed by atoms with E-state index in [4.69, 9.17) is 16.4 Å². The van der Waals surface area contributed by atoms with Crippen LogP contribution in [0, 0.1) is 11.7 Å². The van der Waals surface area contributed by atoms with E-state index in [9.17, 15) is 9.18 Å². The summed E-state index contributed by atoms with van der Waals surface area (Å²) in [5.41, 5.74) is 3.09. The minimum Gasteiger partial charge on any atom is -0.396 e. The van der Waals surface area contributed by atoms with Crippen LogP contribution in [0.4, 0.5) is 14.9 Å². The molecule has 0 bridgehead atoms. The van der Waals surface area contributed by atoms with Crippen LogP contribution in [0.15, 0.2) is 47.6 Å². The third-order valence-corrected chi connectivity index (χ3v) is 8.67. The summed E-state index contributed by atoms with van der Waals surface area (Å²) < 4.78 is 13.7. The highest BCUT2D eigenvalue weighted by Crippen LogP contribution is 2.62. The fourth-order valence-electron chi connectivity index (χ4n) is 6.30. The quantitative estimate of drug-likeness (QED) is 0.233. The smallest absolute Gasteiger partial charge is 0.322 e. The van der Waals surface area contributed by atoms with E-state index in [1.165, 1.54) is 17.7 Å². The molecule has 0 aromatic heterocycles. The van der Waals surface area contributed by atoms with Gasteiger partial charge in [-0.15, -0.1) is 0 Å². The minimum atomic E-state index is -0.499. The number of halogens is 2. The topological polar surface area (TPSA) is 57.2 Å². The first-order chi connectivity index (χ1) is 18.6. The number of carbonyl (C=O) groups excluding carboxylic acids is 1. The van der Waals surface area contributed by atoms with Gasteiger partial charge in [-0.2, -0.15) is 0 Å². The van der Waals surface area contributed by atoms with E-state index in [1.807, 2.05) is 11.8 Å². The van der Waals surface area contributed by atoms with Crippen molar-refractivity contribution >= 4 is 29.5 Å². The zero-order valence-corrected chi connectivity index (χ0v) is 24.5. The van der Waals surface area contributed by atoms with Crippen LogP contribution < -0.4 is 5.32 Å². The molecule has 2 aromatic rings. The minimum absolute atomic E-state index is 0.000831. The Morgan fingerprint density at radius 2 is 1.97 bits per heavy atom. The van der Waals surface area contributed by atoms with Crippen LogP contribution >= 0.6 is 11.6 Å². The van der Waals surface area contributed by atoms with E-state index in [0.29, 0.717) is 36.8 Å². The van der Waals surface area contributed by atoms with Crippen molar-refractivity contribution < 1.29 is 14.0 Å². The fourth-order valence-corrected chi connectivity index (χ4v) is 6.48. The maximum Gasteiger partial charge on any atom is 0.322 e. The fraction of sp³-hybridized carbons (Fsp3) is 0.548. The van der Waals surface area contributed by atoms with Gasteiger partial charge in [0.1, 0.15) is 12.4 Å². The van der Waals surface area contributed by atoms with Crippen molar-refractivity contribution in [3.8, 4) is 0 Å². The molecule has 2 aromatic carbocycles. The van der Waals surface area contributed by atoms with Gasteiger partial charge in [0.2, 0.25) is 0 Å². The molecule has 6 nitrogen and oxygen atoms in total. The van der Waals surface area contributed by atoms with Crippen molar-refractivity contribution in [3.63, 3.8) is 0 Å². The van der Waals surface area contributed by atoms with Gasteiger partial charge in [0.15, 0.2) is 0 Å². The van der Waals surface area contributed by atoms with E-state index >= 15 is 0 Å². The van der Waals surface area contributed by atoms with Crippen LogP contribution in [0.1, 0.15) is 71.4 Å². The van der Waals surface area contributed by atoms with Crippen LogP contribution in [-0.4, -0.2) is 59.9 Å². The van der Waals surface area contributed by atoms with Crippen molar-refractivity contribution in [2.24, 2.45) is 11.1 Å². The van der Waals surface area contributed by atoms with Gasteiger partial charge in [0.25, 0.3) is 0 Å². The maximum atomic E-state index is 13.7. The van der Waals surface area contributed by atoms with Crippen LogP contribution in [0.3, 0.4) is 0 Å². The molecule has 2 amide bonds. The summed E-state index contributed by atoms with van der Waals surface area (Å²) >= 11 is 5.98. The summed E-state index contributed by atoms with van der Waals surface area (Å²) in [6, 6.07) is 13.7. The first kappa shape index (κ1) is 29.3. The highest BCUT2D eigenvalue weighted by atomic mass is 35.5. The Morgan fingerprint density at radius 1 is 1.21 bits per heavy atom. The number of carbonyl (C=O) groups is 1. The van der Waals surface area contributed by atoms with Crippen LogP contribution in [0.5, 0.6) is 0 Å².